The van der Waals surface area contributed by atoms with E-state index in [0.717, 1.165) is 38.6 Å². The van der Waals surface area contributed by atoms with Gasteiger partial charge in [-0.15, -0.1) is 0 Å². The number of benzene rings is 3. The van der Waals surface area contributed by atoms with Gasteiger partial charge >= 0.3 is 5.63 Å². The Hall–Kier alpha value is -4.58. The zero-order valence-corrected chi connectivity index (χ0v) is 19.1. The third-order valence-corrected chi connectivity index (χ3v) is 6.69. The quantitative estimate of drug-likeness (QED) is 0.261. The number of hydrogen-bond acceptors (Lipinski definition) is 4. The first-order valence-electron chi connectivity index (χ1n) is 11.4. The SMILES string of the molecule is COc1ccc(C(Cn2ccc3c(c(=O)oc4ccccc43)c2=N)c2c[nH]c3ccccc23)cc1. The molecule has 1 atom stereocenters. The first-order chi connectivity index (χ1) is 17.1. The van der Waals surface area contributed by atoms with Crippen molar-refractivity contribution >= 4 is 32.6 Å². The molecular formula is C29H23N3O3. The zero-order chi connectivity index (χ0) is 23.9. The Morgan fingerprint density at radius 1 is 0.943 bits per heavy atom. The van der Waals surface area contributed by atoms with Gasteiger partial charge in [-0.1, -0.05) is 48.5 Å². The van der Waals surface area contributed by atoms with Crippen LogP contribution in [0.15, 0.2) is 100 Å². The molecular weight excluding hydrogens is 438 g/mol. The van der Waals surface area contributed by atoms with Crippen LogP contribution in [0.3, 0.4) is 0 Å². The van der Waals surface area contributed by atoms with Crippen LogP contribution in [-0.4, -0.2) is 16.7 Å². The number of para-hydroxylation sites is 2. The van der Waals surface area contributed by atoms with E-state index in [1.165, 1.54) is 0 Å². The Labute approximate surface area is 200 Å². The number of nitrogens with zero attached hydrogens (tertiary/aromatic N) is 1. The van der Waals surface area contributed by atoms with Crippen molar-refractivity contribution in [3.05, 3.63) is 118 Å². The van der Waals surface area contributed by atoms with E-state index in [-0.39, 0.29) is 11.4 Å². The lowest BCUT2D eigenvalue weighted by Gasteiger charge is -2.20. The molecule has 2 N–H and O–H groups in total. The Morgan fingerprint density at radius 2 is 1.69 bits per heavy atom. The maximum Gasteiger partial charge on any atom is 0.347 e. The molecule has 0 aliphatic heterocycles. The number of methoxy groups -OCH3 is 1. The number of aromatic amines is 1. The van der Waals surface area contributed by atoms with E-state index in [2.05, 4.69) is 29.2 Å². The first kappa shape index (κ1) is 21.0. The molecule has 0 aliphatic rings. The fraction of sp³-hybridized carbons (Fsp3) is 0.103. The summed E-state index contributed by atoms with van der Waals surface area (Å²) in [6.45, 7) is 0.481. The monoisotopic (exact) mass is 461 g/mol. The number of H-pyrrole nitrogens is 1. The van der Waals surface area contributed by atoms with Gasteiger partial charge in [-0.2, -0.15) is 0 Å². The molecule has 1 unspecified atom stereocenters. The van der Waals surface area contributed by atoms with E-state index < -0.39 is 5.63 Å². The van der Waals surface area contributed by atoms with Crippen LogP contribution < -0.4 is 15.9 Å². The minimum absolute atomic E-state index is 0.0592. The molecule has 0 fully saturated rings. The summed E-state index contributed by atoms with van der Waals surface area (Å²) >= 11 is 0. The summed E-state index contributed by atoms with van der Waals surface area (Å²) in [5.41, 5.74) is 3.45. The molecule has 172 valence electrons. The summed E-state index contributed by atoms with van der Waals surface area (Å²) in [5, 5.41) is 11.9. The van der Waals surface area contributed by atoms with Crippen LogP contribution in [0.4, 0.5) is 0 Å². The van der Waals surface area contributed by atoms with E-state index in [1.807, 2.05) is 65.5 Å². The van der Waals surface area contributed by atoms with Crippen LogP contribution in [0.1, 0.15) is 17.0 Å². The maximum atomic E-state index is 12.9. The van der Waals surface area contributed by atoms with E-state index in [9.17, 15) is 4.79 Å². The highest BCUT2D eigenvalue weighted by Gasteiger charge is 2.20. The van der Waals surface area contributed by atoms with E-state index in [0.29, 0.717) is 17.5 Å². The van der Waals surface area contributed by atoms with E-state index in [4.69, 9.17) is 14.6 Å². The Morgan fingerprint density at radius 3 is 2.49 bits per heavy atom. The van der Waals surface area contributed by atoms with Gasteiger partial charge in [0.25, 0.3) is 0 Å². The highest BCUT2D eigenvalue weighted by molar-refractivity contribution is 6.03. The van der Waals surface area contributed by atoms with Crippen molar-refractivity contribution in [1.29, 1.82) is 5.41 Å². The van der Waals surface area contributed by atoms with Gasteiger partial charge in [0.15, 0.2) is 0 Å². The predicted octanol–water partition coefficient (Wildman–Crippen LogP) is 5.55. The predicted molar refractivity (Wildman–Crippen MR) is 137 cm³/mol. The van der Waals surface area contributed by atoms with Gasteiger partial charge in [-0.3, -0.25) is 5.41 Å². The average molecular weight is 462 g/mol. The van der Waals surface area contributed by atoms with Crippen LogP contribution in [0, 0.1) is 5.41 Å². The molecule has 3 aromatic carbocycles. The molecule has 35 heavy (non-hydrogen) atoms. The van der Waals surface area contributed by atoms with Gasteiger partial charge < -0.3 is 18.7 Å². The Kier molecular flexibility index (Phi) is 4.99. The van der Waals surface area contributed by atoms with Crippen molar-refractivity contribution in [3.8, 4) is 5.75 Å². The molecule has 6 heteroatoms. The summed E-state index contributed by atoms with van der Waals surface area (Å²) in [6.07, 6.45) is 3.93. The van der Waals surface area contributed by atoms with Crippen molar-refractivity contribution in [3.63, 3.8) is 0 Å². The number of fused-ring (bicyclic) bond motifs is 4. The van der Waals surface area contributed by atoms with Crippen LogP contribution in [0.5, 0.6) is 5.75 Å². The Balaban J connectivity index is 1.53. The highest BCUT2D eigenvalue weighted by Crippen LogP contribution is 2.33. The molecule has 3 aromatic heterocycles. The number of hydrogen-bond donors (Lipinski definition) is 2. The van der Waals surface area contributed by atoms with Gasteiger partial charge in [0.1, 0.15) is 22.2 Å². The summed E-state index contributed by atoms with van der Waals surface area (Å²) in [7, 11) is 1.65. The van der Waals surface area contributed by atoms with Gasteiger partial charge in [0.2, 0.25) is 0 Å². The minimum Gasteiger partial charge on any atom is -0.497 e. The lowest BCUT2D eigenvalue weighted by Crippen LogP contribution is -2.26. The molecule has 0 saturated heterocycles. The normalized spacial score (nSPS) is 12.4. The summed E-state index contributed by atoms with van der Waals surface area (Å²) in [5.74, 6) is 0.728. The lowest BCUT2D eigenvalue weighted by molar-refractivity contribution is 0.414. The third kappa shape index (κ3) is 3.51. The first-order valence-corrected chi connectivity index (χ1v) is 11.4. The summed E-state index contributed by atoms with van der Waals surface area (Å²) in [4.78, 5) is 16.3. The summed E-state index contributed by atoms with van der Waals surface area (Å²) < 4.78 is 12.7. The molecule has 6 aromatic rings. The third-order valence-electron chi connectivity index (χ3n) is 6.69. The fourth-order valence-corrected chi connectivity index (χ4v) is 4.90. The fourth-order valence-electron chi connectivity index (χ4n) is 4.90. The van der Waals surface area contributed by atoms with Crippen LogP contribution in [0.2, 0.25) is 0 Å². The smallest absolute Gasteiger partial charge is 0.347 e. The second-order valence-electron chi connectivity index (χ2n) is 8.61. The molecule has 0 radical (unpaired) electrons. The van der Waals surface area contributed by atoms with Gasteiger partial charge in [-0.25, -0.2) is 4.79 Å². The minimum atomic E-state index is -0.494. The number of pyridine rings is 1. The topological polar surface area (TPSA) is 84.0 Å². The Bertz CT molecular complexity index is 1810. The molecule has 0 bridgehead atoms. The van der Waals surface area contributed by atoms with Crippen molar-refractivity contribution in [2.45, 2.75) is 12.5 Å². The van der Waals surface area contributed by atoms with Crippen LogP contribution in [-0.2, 0) is 6.54 Å². The molecule has 3 heterocycles. The second kappa shape index (κ2) is 8.33. The van der Waals surface area contributed by atoms with Crippen LogP contribution >= 0.6 is 0 Å². The van der Waals surface area contributed by atoms with Crippen LogP contribution in [0.25, 0.3) is 32.6 Å². The number of aromatic nitrogens is 2. The van der Waals surface area contributed by atoms with Crippen molar-refractivity contribution in [1.82, 2.24) is 9.55 Å². The van der Waals surface area contributed by atoms with E-state index >= 15 is 0 Å². The molecule has 0 aliphatic carbocycles. The van der Waals surface area contributed by atoms with Crippen molar-refractivity contribution in [2.75, 3.05) is 7.11 Å². The molecule has 0 spiro atoms. The van der Waals surface area contributed by atoms with Gasteiger partial charge in [-0.05, 0) is 41.5 Å². The lowest BCUT2D eigenvalue weighted by atomic mass is 9.90. The largest absolute Gasteiger partial charge is 0.497 e. The van der Waals surface area contributed by atoms with Crippen molar-refractivity contribution in [2.24, 2.45) is 0 Å². The standard InChI is InChI=1S/C29H23N3O3/c1-34-19-12-10-18(11-13-19)24(23-16-31-25-8-4-2-6-20(23)25)17-32-15-14-22-21-7-3-5-9-26(21)35-29(33)27(22)28(32)30/h2-16,24,30-31H,17H2,1H3. The second-order valence-corrected chi connectivity index (χ2v) is 8.61. The average Bonchev–Trinajstić information content (AvgIpc) is 3.32. The number of nitrogens with one attached hydrogen (secondary N) is 2. The van der Waals surface area contributed by atoms with Gasteiger partial charge in [0.05, 0.1) is 7.11 Å². The molecule has 6 rings (SSSR count). The highest BCUT2D eigenvalue weighted by atomic mass is 16.5. The molecule has 0 amide bonds. The zero-order valence-electron chi connectivity index (χ0n) is 19.1. The molecule has 0 saturated carbocycles. The summed E-state index contributed by atoms with van der Waals surface area (Å²) in [6, 6.07) is 25.5. The van der Waals surface area contributed by atoms with E-state index in [1.54, 1.807) is 13.2 Å². The van der Waals surface area contributed by atoms with Crippen molar-refractivity contribution < 1.29 is 9.15 Å². The molecule has 6 nitrogen and oxygen atoms in total. The van der Waals surface area contributed by atoms with Gasteiger partial charge in [0, 0.05) is 46.5 Å². The maximum absolute atomic E-state index is 12.9. The number of rotatable bonds is 5. The number of ether oxygens (including phenoxy) is 1.